The highest BCUT2D eigenvalue weighted by molar-refractivity contribution is 5.94. The molecule has 2 aromatic rings. The lowest BCUT2D eigenvalue weighted by molar-refractivity contribution is -0.142. The van der Waals surface area contributed by atoms with Crippen LogP contribution < -0.4 is 33.2 Å². The number of carbonyl (C=O) groups is 4. The van der Waals surface area contributed by atoms with Gasteiger partial charge in [0.1, 0.15) is 23.9 Å². The number of benzene rings is 2. The van der Waals surface area contributed by atoms with E-state index in [4.69, 9.17) is 17.2 Å². The average molecular weight is 598 g/mol. The van der Waals surface area contributed by atoms with Crippen LogP contribution in [0.4, 0.5) is 0 Å². The smallest absolute Gasteiger partial charge is 0.326 e. The number of phenols is 1. The van der Waals surface area contributed by atoms with Gasteiger partial charge in [0.15, 0.2) is 5.96 Å². The van der Waals surface area contributed by atoms with Gasteiger partial charge in [-0.25, -0.2) is 4.79 Å². The van der Waals surface area contributed by atoms with Gasteiger partial charge in [0.2, 0.25) is 17.7 Å². The number of nitrogens with two attached hydrogens (primary N) is 3. The molecule has 0 aromatic heterocycles. The Kier molecular flexibility index (Phi) is 13.9. The second-order valence-corrected chi connectivity index (χ2v) is 10.8. The van der Waals surface area contributed by atoms with Crippen molar-refractivity contribution in [2.24, 2.45) is 28.1 Å². The average Bonchev–Trinajstić information content (AvgIpc) is 2.94. The molecule has 234 valence electrons. The number of hydrogen-bond acceptors (Lipinski definition) is 7. The molecule has 0 aliphatic carbocycles. The highest BCUT2D eigenvalue weighted by atomic mass is 16.4. The Bertz CT molecular complexity index is 1230. The minimum Gasteiger partial charge on any atom is -0.508 e. The standard InChI is InChI=1S/C30H43N7O6/c1-18(2)15-24(28(41)37-25(29(42)43)17-20-10-12-21(38)13-11-20)36-27(40)23(9-6-14-34-30(32)33)35-26(39)22(31)16-19-7-4-3-5-8-19/h3-5,7-8,10-13,18,22-25,38H,6,9,14-17,31H2,1-2H3,(H,35,39)(H,36,40)(H,37,41)(H,42,43)(H4,32,33,34). The lowest BCUT2D eigenvalue weighted by atomic mass is 10.0. The number of rotatable bonds is 17. The molecule has 4 atom stereocenters. The number of aliphatic carboxylic acids is 1. The zero-order chi connectivity index (χ0) is 31.9. The van der Waals surface area contributed by atoms with Gasteiger partial charge in [-0.2, -0.15) is 0 Å². The van der Waals surface area contributed by atoms with Gasteiger partial charge in [0, 0.05) is 13.0 Å². The maximum Gasteiger partial charge on any atom is 0.326 e. The molecule has 0 aliphatic heterocycles. The van der Waals surface area contributed by atoms with Crippen molar-refractivity contribution in [2.45, 2.75) is 70.1 Å². The molecule has 0 radical (unpaired) electrons. The van der Waals surface area contributed by atoms with Gasteiger partial charge in [0.25, 0.3) is 0 Å². The van der Waals surface area contributed by atoms with E-state index in [1.54, 1.807) is 12.1 Å². The zero-order valence-corrected chi connectivity index (χ0v) is 24.5. The van der Waals surface area contributed by atoms with Crippen LogP contribution in [0.5, 0.6) is 5.75 Å². The number of carbonyl (C=O) groups excluding carboxylic acids is 3. The van der Waals surface area contributed by atoms with E-state index in [1.165, 1.54) is 12.1 Å². The summed E-state index contributed by atoms with van der Waals surface area (Å²) in [6.45, 7) is 3.93. The lowest BCUT2D eigenvalue weighted by Gasteiger charge is -2.26. The van der Waals surface area contributed by atoms with Crippen molar-refractivity contribution in [3.8, 4) is 5.75 Å². The summed E-state index contributed by atoms with van der Waals surface area (Å²) in [7, 11) is 0. The van der Waals surface area contributed by atoms with Crippen LogP contribution in [-0.2, 0) is 32.0 Å². The van der Waals surface area contributed by atoms with E-state index in [0.717, 1.165) is 5.56 Å². The van der Waals surface area contributed by atoms with Gasteiger partial charge in [-0.1, -0.05) is 56.3 Å². The molecule has 0 spiro atoms. The fourth-order valence-electron chi connectivity index (χ4n) is 4.33. The Hall–Kier alpha value is -4.65. The number of amides is 3. The first-order chi connectivity index (χ1) is 20.3. The first-order valence-electron chi connectivity index (χ1n) is 14.1. The molecule has 0 fully saturated rings. The van der Waals surface area contributed by atoms with Crippen molar-refractivity contribution in [3.05, 3.63) is 65.7 Å². The first kappa shape index (κ1) is 34.6. The summed E-state index contributed by atoms with van der Waals surface area (Å²) in [5, 5.41) is 27.1. The van der Waals surface area contributed by atoms with E-state index in [2.05, 4.69) is 20.9 Å². The van der Waals surface area contributed by atoms with Gasteiger partial charge in [-0.05, 0) is 54.9 Å². The maximum absolute atomic E-state index is 13.5. The molecule has 0 saturated carbocycles. The third kappa shape index (κ3) is 12.8. The molecule has 4 unspecified atom stereocenters. The molecule has 0 heterocycles. The molecule has 2 rings (SSSR count). The third-order valence-corrected chi connectivity index (χ3v) is 6.54. The molecule has 2 aromatic carbocycles. The molecule has 0 aliphatic rings. The topological polar surface area (TPSA) is 235 Å². The predicted octanol–water partition coefficient (Wildman–Crippen LogP) is 0.143. The van der Waals surface area contributed by atoms with Gasteiger partial charge in [-0.15, -0.1) is 0 Å². The van der Waals surface area contributed by atoms with Crippen LogP contribution in [-0.4, -0.2) is 70.6 Å². The normalized spacial score (nSPS) is 13.7. The number of carboxylic acids is 1. The maximum atomic E-state index is 13.5. The number of guanidine groups is 1. The largest absolute Gasteiger partial charge is 0.508 e. The quantitative estimate of drug-likeness (QED) is 0.0702. The predicted molar refractivity (Wildman–Crippen MR) is 163 cm³/mol. The fraction of sp³-hybridized carbons (Fsp3) is 0.433. The van der Waals surface area contributed by atoms with Crippen molar-refractivity contribution in [1.29, 1.82) is 0 Å². The number of nitrogens with one attached hydrogen (secondary N) is 3. The molecule has 0 saturated heterocycles. The number of aliphatic imine (C=N–C) groups is 1. The minimum absolute atomic E-state index is 0.0281. The number of nitrogens with zero attached hydrogens (tertiary/aromatic N) is 1. The van der Waals surface area contributed by atoms with E-state index in [-0.39, 0.29) is 49.9 Å². The summed E-state index contributed by atoms with van der Waals surface area (Å²) in [6, 6.07) is 10.8. The Balaban J connectivity index is 2.17. The number of hydrogen-bond donors (Lipinski definition) is 8. The number of carboxylic acid groups (broad SMARTS) is 1. The minimum atomic E-state index is -1.28. The Morgan fingerprint density at radius 2 is 1.35 bits per heavy atom. The Labute approximate surface area is 251 Å². The molecular formula is C30H43N7O6. The van der Waals surface area contributed by atoms with Crippen LogP contribution in [0.1, 0.15) is 44.2 Å². The molecular weight excluding hydrogens is 554 g/mol. The van der Waals surface area contributed by atoms with E-state index in [9.17, 15) is 29.4 Å². The monoisotopic (exact) mass is 597 g/mol. The van der Waals surface area contributed by atoms with Crippen LogP contribution in [0.3, 0.4) is 0 Å². The van der Waals surface area contributed by atoms with Gasteiger partial charge in [0.05, 0.1) is 6.04 Å². The SMILES string of the molecule is CC(C)CC(NC(=O)C(CCCN=C(N)N)NC(=O)C(N)Cc1ccccc1)C(=O)NC(Cc1ccc(O)cc1)C(=O)O. The summed E-state index contributed by atoms with van der Waals surface area (Å²) in [4.78, 5) is 55.6. The Morgan fingerprint density at radius 1 is 0.791 bits per heavy atom. The van der Waals surface area contributed by atoms with Crippen LogP contribution in [0.2, 0.25) is 0 Å². The lowest BCUT2D eigenvalue weighted by Crippen LogP contribution is -2.57. The van der Waals surface area contributed by atoms with Gasteiger partial charge >= 0.3 is 5.97 Å². The fourth-order valence-corrected chi connectivity index (χ4v) is 4.33. The van der Waals surface area contributed by atoms with Crippen LogP contribution >= 0.6 is 0 Å². The summed E-state index contributed by atoms with van der Waals surface area (Å²) in [5.74, 6) is -3.23. The Morgan fingerprint density at radius 3 is 1.93 bits per heavy atom. The van der Waals surface area contributed by atoms with Gasteiger partial charge in [-0.3, -0.25) is 19.4 Å². The van der Waals surface area contributed by atoms with Crippen molar-refractivity contribution in [2.75, 3.05) is 6.54 Å². The highest BCUT2D eigenvalue weighted by Gasteiger charge is 2.31. The van der Waals surface area contributed by atoms with Crippen molar-refractivity contribution in [3.63, 3.8) is 0 Å². The number of phenolic OH excluding ortho intramolecular Hbond substituents is 1. The van der Waals surface area contributed by atoms with Gasteiger partial charge < -0.3 is 43.4 Å². The van der Waals surface area contributed by atoms with E-state index >= 15 is 0 Å². The second-order valence-electron chi connectivity index (χ2n) is 10.8. The summed E-state index contributed by atoms with van der Waals surface area (Å²) in [6.07, 6.45) is 0.933. The molecule has 13 nitrogen and oxygen atoms in total. The van der Waals surface area contributed by atoms with Crippen LogP contribution in [0.25, 0.3) is 0 Å². The van der Waals surface area contributed by atoms with Crippen molar-refractivity contribution in [1.82, 2.24) is 16.0 Å². The molecule has 3 amide bonds. The molecule has 13 heteroatoms. The summed E-state index contributed by atoms with van der Waals surface area (Å²) in [5.41, 5.74) is 18.4. The van der Waals surface area contributed by atoms with Crippen molar-refractivity contribution >= 4 is 29.7 Å². The van der Waals surface area contributed by atoms with E-state index < -0.39 is 47.9 Å². The number of aromatic hydroxyl groups is 1. The zero-order valence-electron chi connectivity index (χ0n) is 24.5. The van der Waals surface area contributed by atoms with E-state index in [0.29, 0.717) is 12.0 Å². The summed E-state index contributed by atoms with van der Waals surface area (Å²) < 4.78 is 0. The van der Waals surface area contributed by atoms with Crippen molar-refractivity contribution < 1.29 is 29.4 Å². The third-order valence-electron chi connectivity index (χ3n) is 6.54. The van der Waals surface area contributed by atoms with Crippen LogP contribution in [0.15, 0.2) is 59.6 Å². The highest BCUT2D eigenvalue weighted by Crippen LogP contribution is 2.13. The molecule has 43 heavy (non-hydrogen) atoms. The van der Waals surface area contributed by atoms with E-state index in [1.807, 2.05) is 44.2 Å². The van der Waals surface area contributed by atoms with Crippen LogP contribution in [0, 0.1) is 5.92 Å². The first-order valence-corrected chi connectivity index (χ1v) is 14.1. The molecule has 0 bridgehead atoms. The molecule has 11 N–H and O–H groups in total. The summed E-state index contributed by atoms with van der Waals surface area (Å²) >= 11 is 0. The second kappa shape index (κ2) is 17.3.